The van der Waals surface area contributed by atoms with Gasteiger partial charge in [-0.15, -0.1) is 0 Å². The smallest absolute Gasteiger partial charge is 0.321 e. The fourth-order valence-electron chi connectivity index (χ4n) is 0.694. The zero-order valence-corrected chi connectivity index (χ0v) is 9.76. The third kappa shape index (κ3) is 3.08. The Bertz CT molecular complexity index is 341. The van der Waals surface area contributed by atoms with Crippen molar-refractivity contribution in [3.8, 4) is 0 Å². The quantitative estimate of drug-likeness (QED) is 0.854. The minimum absolute atomic E-state index is 0.0678. The van der Waals surface area contributed by atoms with Crippen LogP contribution in [0.1, 0.15) is 0 Å². The van der Waals surface area contributed by atoms with Crippen LogP contribution in [-0.2, 0) is 4.79 Å². The third-order valence-corrected chi connectivity index (χ3v) is 2.78. The molecule has 1 heterocycles. The van der Waals surface area contributed by atoms with Crippen LogP contribution >= 0.6 is 27.3 Å². The van der Waals surface area contributed by atoms with Crippen molar-refractivity contribution in [2.45, 2.75) is 0 Å². The summed E-state index contributed by atoms with van der Waals surface area (Å²) in [6.07, 6.45) is 2.26. The number of thiazole rings is 1. The number of anilines is 1. The fraction of sp³-hybridized carbons (Fsp3) is 0.286. The van der Waals surface area contributed by atoms with Gasteiger partial charge >= 0.3 is 6.03 Å². The molecule has 0 saturated carbocycles. The molecule has 1 aromatic rings. The number of hydrogen-bond acceptors (Lipinski definition) is 4. The summed E-state index contributed by atoms with van der Waals surface area (Å²) in [7, 11) is 1.53. The van der Waals surface area contributed by atoms with Crippen molar-refractivity contribution >= 4 is 44.7 Å². The second-order valence-electron chi connectivity index (χ2n) is 2.45. The summed E-state index contributed by atoms with van der Waals surface area (Å²) in [6.45, 7) is 0.0678. The Balaban J connectivity index is 2.52. The van der Waals surface area contributed by atoms with Gasteiger partial charge in [0.15, 0.2) is 5.13 Å². The van der Waals surface area contributed by atoms with Crippen molar-refractivity contribution in [3.63, 3.8) is 0 Å². The Hall–Kier alpha value is -0.950. The van der Waals surface area contributed by atoms with E-state index in [9.17, 15) is 9.59 Å². The molecule has 1 N–H and O–H groups in total. The zero-order chi connectivity index (χ0) is 10.6. The number of aromatic nitrogens is 1. The van der Waals surface area contributed by atoms with Crippen molar-refractivity contribution in [1.29, 1.82) is 0 Å². The van der Waals surface area contributed by atoms with Gasteiger partial charge in [0.2, 0.25) is 0 Å². The van der Waals surface area contributed by atoms with Gasteiger partial charge in [0.1, 0.15) is 6.29 Å². The molecular weight excluding hydrogens is 270 g/mol. The molecule has 1 aromatic heterocycles. The molecule has 0 fully saturated rings. The summed E-state index contributed by atoms with van der Waals surface area (Å²) < 4.78 is 0.839. The van der Waals surface area contributed by atoms with Crippen LogP contribution in [0.15, 0.2) is 9.98 Å². The number of aldehydes is 1. The number of halogens is 1. The van der Waals surface area contributed by atoms with Crippen LogP contribution in [0.2, 0.25) is 0 Å². The minimum Gasteiger partial charge on any atom is -0.321 e. The predicted molar refractivity (Wildman–Crippen MR) is 57.5 cm³/mol. The van der Waals surface area contributed by atoms with Gasteiger partial charge in [-0.25, -0.2) is 9.78 Å². The van der Waals surface area contributed by atoms with Crippen LogP contribution < -0.4 is 5.32 Å². The van der Waals surface area contributed by atoms with E-state index in [1.807, 2.05) is 0 Å². The second kappa shape index (κ2) is 5.06. The van der Waals surface area contributed by atoms with Crippen LogP contribution in [0.5, 0.6) is 0 Å². The van der Waals surface area contributed by atoms with Crippen LogP contribution in [-0.4, -0.2) is 35.8 Å². The molecule has 76 valence electrons. The van der Waals surface area contributed by atoms with Gasteiger partial charge in [-0.3, -0.25) is 5.32 Å². The van der Waals surface area contributed by atoms with Crippen molar-refractivity contribution in [2.24, 2.45) is 0 Å². The number of carbonyl (C=O) groups excluding carboxylic acids is 2. The van der Waals surface area contributed by atoms with E-state index >= 15 is 0 Å². The summed E-state index contributed by atoms with van der Waals surface area (Å²) in [6, 6.07) is -0.348. The lowest BCUT2D eigenvalue weighted by Crippen LogP contribution is -2.32. The maximum absolute atomic E-state index is 11.3. The van der Waals surface area contributed by atoms with Crippen molar-refractivity contribution < 1.29 is 9.59 Å². The average molecular weight is 278 g/mol. The highest BCUT2D eigenvalue weighted by atomic mass is 79.9. The van der Waals surface area contributed by atoms with Crippen molar-refractivity contribution in [3.05, 3.63) is 9.98 Å². The molecule has 0 bridgehead atoms. The molecule has 0 spiro atoms. The van der Waals surface area contributed by atoms with Crippen LogP contribution in [0.3, 0.4) is 0 Å². The predicted octanol–water partition coefficient (Wildman–Crippen LogP) is 1.57. The van der Waals surface area contributed by atoms with Crippen molar-refractivity contribution in [1.82, 2.24) is 9.88 Å². The Morgan fingerprint density at radius 1 is 1.86 bits per heavy atom. The topological polar surface area (TPSA) is 62.3 Å². The van der Waals surface area contributed by atoms with Gasteiger partial charge in [-0.2, -0.15) is 0 Å². The molecule has 0 unspecified atom stereocenters. The van der Waals surface area contributed by atoms with Gasteiger partial charge in [0.05, 0.1) is 16.5 Å². The Kier molecular flexibility index (Phi) is 4.02. The molecule has 0 aliphatic rings. The lowest BCUT2D eigenvalue weighted by Gasteiger charge is -2.12. The lowest BCUT2D eigenvalue weighted by atomic mass is 10.6. The molecule has 1 rings (SSSR count). The molecule has 0 aliphatic heterocycles. The highest BCUT2D eigenvalue weighted by Gasteiger charge is 2.09. The Labute approximate surface area is 93.3 Å². The monoisotopic (exact) mass is 277 g/mol. The Morgan fingerprint density at radius 2 is 2.57 bits per heavy atom. The zero-order valence-electron chi connectivity index (χ0n) is 7.36. The molecule has 0 saturated heterocycles. The van der Waals surface area contributed by atoms with E-state index in [-0.39, 0.29) is 12.6 Å². The SMILES string of the molecule is CN(CC=O)C(=O)Nc1ncc(Br)s1. The van der Waals surface area contributed by atoms with E-state index in [2.05, 4.69) is 26.2 Å². The summed E-state index contributed by atoms with van der Waals surface area (Å²) in [5, 5.41) is 3.05. The first-order valence-corrected chi connectivity index (χ1v) is 5.31. The first-order chi connectivity index (χ1) is 6.63. The maximum atomic E-state index is 11.3. The minimum atomic E-state index is -0.348. The molecule has 5 nitrogen and oxygen atoms in total. The highest BCUT2D eigenvalue weighted by molar-refractivity contribution is 9.11. The number of rotatable bonds is 3. The van der Waals surface area contributed by atoms with Crippen LogP contribution in [0.25, 0.3) is 0 Å². The highest BCUT2D eigenvalue weighted by Crippen LogP contribution is 2.23. The van der Waals surface area contributed by atoms with Gasteiger partial charge in [0.25, 0.3) is 0 Å². The number of urea groups is 1. The first kappa shape index (κ1) is 11.1. The summed E-state index contributed by atoms with van der Waals surface area (Å²) >= 11 is 4.53. The normalized spacial score (nSPS) is 9.57. The maximum Gasteiger partial charge on any atom is 0.323 e. The molecule has 0 aliphatic carbocycles. The number of nitrogens with one attached hydrogen (secondary N) is 1. The molecular formula is C7H8BrN3O2S. The number of nitrogens with zero attached hydrogens (tertiary/aromatic N) is 2. The summed E-state index contributed by atoms with van der Waals surface area (Å²) in [5.41, 5.74) is 0. The number of hydrogen-bond donors (Lipinski definition) is 1. The molecule has 0 aromatic carbocycles. The molecule has 14 heavy (non-hydrogen) atoms. The van der Waals surface area contributed by atoms with E-state index in [1.165, 1.54) is 23.3 Å². The van der Waals surface area contributed by atoms with E-state index in [0.717, 1.165) is 3.79 Å². The van der Waals surface area contributed by atoms with Gasteiger partial charge in [-0.1, -0.05) is 11.3 Å². The largest absolute Gasteiger partial charge is 0.323 e. The van der Waals surface area contributed by atoms with Crippen LogP contribution in [0.4, 0.5) is 9.93 Å². The molecule has 2 amide bonds. The van der Waals surface area contributed by atoms with Gasteiger partial charge in [0, 0.05) is 7.05 Å². The second-order valence-corrected chi connectivity index (χ2v) is 4.86. The molecule has 7 heteroatoms. The third-order valence-electron chi connectivity index (χ3n) is 1.39. The van der Waals surface area contributed by atoms with Gasteiger partial charge < -0.3 is 9.69 Å². The lowest BCUT2D eigenvalue weighted by molar-refractivity contribution is -0.108. The number of likely N-dealkylation sites (N-methyl/N-ethyl adjacent to an activating group) is 1. The van der Waals surface area contributed by atoms with E-state index < -0.39 is 0 Å². The van der Waals surface area contributed by atoms with E-state index in [1.54, 1.807) is 6.20 Å². The van der Waals surface area contributed by atoms with Crippen LogP contribution in [0, 0.1) is 0 Å². The summed E-state index contributed by atoms with van der Waals surface area (Å²) in [4.78, 5) is 26.6. The average Bonchev–Trinajstić information content (AvgIpc) is 2.51. The fourth-order valence-corrected chi connectivity index (χ4v) is 1.79. The molecule has 0 radical (unpaired) electrons. The van der Waals surface area contributed by atoms with Gasteiger partial charge in [-0.05, 0) is 15.9 Å². The number of amides is 2. The van der Waals surface area contributed by atoms with E-state index in [4.69, 9.17) is 0 Å². The number of carbonyl (C=O) groups is 2. The molecule has 0 atom stereocenters. The standard InChI is InChI=1S/C7H8BrN3O2S/c1-11(2-3-12)7(13)10-6-9-4-5(8)14-6/h3-4H,2H2,1H3,(H,9,10,13). The Morgan fingerprint density at radius 3 is 3.07 bits per heavy atom. The van der Waals surface area contributed by atoms with Crippen molar-refractivity contribution in [2.75, 3.05) is 18.9 Å². The summed E-state index contributed by atoms with van der Waals surface area (Å²) in [5.74, 6) is 0. The van der Waals surface area contributed by atoms with E-state index in [0.29, 0.717) is 11.4 Å². The first-order valence-electron chi connectivity index (χ1n) is 3.70.